The Morgan fingerprint density at radius 3 is 2.47 bits per heavy atom. The Balaban J connectivity index is 2.68. The van der Waals surface area contributed by atoms with E-state index in [1.54, 1.807) is 0 Å². The zero-order valence-electron chi connectivity index (χ0n) is 10.8. The lowest BCUT2D eigenvalue weighted by Crippen LogP contribution is -2.51. The van der Waals surface area contributed by atoms with Gasteiger partial charge < -0.3 is 0 Å². The second-order valence-corrected chi connectivity index (χ2v) is 6.37. The Kier molecular flexibility index (Phi) is 4.49. The van der Waals surface area contributed by atoms with Gasteiger partial charge in [0.1, 0.15) is 0 Å². The minimum absolute atomic E-state index is 0.313. The van der Waals surface area contributed by atoms with Gasteiger partial charge in [-0.15, -0.1) is 11.6 Å². The molecular weight excluding hydrogens is 206 g/mol. The quantitative estimate of drug-likeness (QED) is 0.666. The largest absolute Gasteiger partial charge is 0.298 e. The van der Waals surface area contributed by atoms with Crippen LogP contribution in [-0.4, -0.2) is 29.4 Å². The van der Waals surface area contributed by atoms with Crippen molar-refractivity contribution in [3.8, 4) is 0 Å². The third-order valence-electron chi connectivity index (χ3n) is 3.98. The number of rotatable bonds is 3. The van der Waals surface area contributed by atoms with E-state index in [0.29, 0.717) is 11.0 Å². The summed E-state index contributed by atoms with van der Waals surface area (Å²) in [6.07, 6.45) is 5.15. The van der Waals surface area contributed by atoms with Crippen molar-refractivity contribution in [1.82, 2.24) is 4.90 Å². The summed E-state index contributed by atoms with van der Waals surface area (Å²) in [5.74, 6) is 0.811. The zero-order chi connectivity index (χ0) is 11.5. The molecule has 1 aliphatic rings. The van der Waals surface area contributed by atoms with Crippen molar-refractivity contribution in [3.05, 3.63) is 0 Å². The predicted molar refractivity (Wildman–Crippen MR) is 68.6 cm³/mol. The number of halogens is 1. The van der Waals surface area contributed by atoms with Gasteiger partial charge in [-0.1, -0.05) is 6.92 Å². The van der Waals surface area contributed by atoms with Gasteiger partial charge in [-0.2, -0.15) is 0 Å². The topological polar surface area (TPSA) is 3.24 Å². The van der Waals surface area contributed by atoms with Crippen molar-refractivity contribution in [3.63, 3.8) is 0 Å². The Morgan fingerprint density at radius 1 is 1.33 bits per heavy atom. The van der Waals surface area contributed by atoms with Crippen LogP contribution in [0.1, 0.15) is 53.4 Å². The van der Waals surface area contributed by atoms with E-state index >= 15 is 0 Å². The van der Waals surface area contributed by atoms with Gasteiger partial charge in [0.05, 0.1) is 0 Å². The SMILES string of the molecule is CCC1(CCCl)CCCN(C(C)(C)C)C1. The van der Waals surface area contributed by atoms with Crippen molar-refractivity contribution in [2.45, 2.75) is 58.9 Å². The molecule has 90 valence electrons. The number of alkyl halides is 1. The number of hydrogen-bond acceptors (Lipinski definition) is 1. The summed E-state index contributed by atoms with van der Waals surface area (Å²) in [5, 5.41) is 0. The zero-order valence-corrected chi connectivity index (χ0v) is 11.5. The first kappa shape index (κ1) is 13.3. The minimum atomic E-state index is 0.313. The standard InChI is InChI=1S/C13H26ClN/c1-5-13(8-9-14)7-6-10-15(11-13)12(2,3)4/h5-11H2,1-4H3. The van der Waals surface area contributed by atoms with E-state index in [-0.39, 0.29) is 0 Å². The van der Waals surface area contributed by atoms with Gasteiger partial charge in [-0.25, -0.2) is 0 Å². The third kappa shape index (κ3) is 3.35. The summed E-state index contributed by atoms with van der Waals surface area (Å²) in [6, 6.07) is 0. The first-order chi connectivity index (χ1) is 6.93. The van der Waals surface area contributed by atoms with Crippen LogP contribution in [0.2, 0.25) is 0 Å². The molecule has 1 atom stereocenters. The van der Waals surface area contributed by atoms with E-state index in [4.69, 9.17) is 11.6 Å². The third-order valence-corrected chi connectivity index (χ3v) is 4.17. The fourth-order valence-electron chi connectivity index (χ4n) is 2.65. The van der Waals surface area contributed by atoms with Crippen LogP contribution < -0.4 is 0 Å². The lowest BCUT2D eigenvalue weighted by Gasteiger charge is -2.48. The molecule has 0 aliphatic carbocycles. The van der Waals surface area contributed by atoms with Gasteiger partial charge in [-0.3, -0.25) is 4.90 Å². The van der Waals surface area contributed by atoms with Crippen LogP contribution in [0.3, 0.4) is 0 Å². The molecule has 0 aromatic heterocycles. The minimum Gasteiger partial charge on any atom is -0.298 e. The molecule has 2 heteroatoms. The molecule has 1 heterocycles. The predicted octanol–water partition coefficient (Wildman–Crippen LogP) is 3.91. The highest BCUT2D eigenvalue weighted by molar-refractivity contribution is 6.17. The van der Waals surface area contributed by atoms with Crippen molar-refractivity contribution in [2.24, 2.45) is 5.41 Å². The van der Waals surface area contributed by atoms with Crippen LogP contribution in [0, 0.1) is 5.41 Å². The second kappa shape index (κ2) is 5.05. The molecule has 1 unspecified atom stereocenters. The monoisotopic (exact) mass is 231 g/mol. The van der Waals surface area contributed by atoms with E-state index in [9.17, 15) is 0 Å². The lowest BCUT2D eigenvalue weighted by molar-refractivity contribution is 0.0209. The molecule has 1 nitrogen and oxygen atoms in total. The first-order valence-corrected chi connectivity index (χ1v) is 6.78. The summed E-state index contributed by atoms with van der Waals surface area (Å²) in [7, 11) is 0. The van der Waals surface area contributed by atoms with Crippen LogP contribution in [0.15, 0.2) is 0 Å². The molecule has 1 fully saturated rings. The molecule has 1 rings (SSSR count). The van der Waals surface area contributed by atoms with Gasteiger partial charge in [0.25, 0.3) is 0 Å². The Bertz CT molecular complexity index is 193. The van der Waals surface area contributed by atoms with Crippen molar-refractivity contribution >= 4 is 11.6 Å². The van der Waals surface area contributed by atoms with Gasteiger partial charge in [0, 0.05) is 18.0 Å². The van der Waals surface area contributed by atoms with E-state index in [1.807, 2.05) is 0 Å². The molecule has 0 bridgehead atoms. The fourth-order valence-corrected chi connectivity index (χ4v) is 3.05. The highest BCUT2D eigenvalue weighted by Crippen LogP contribution is 2.39. The highest BCUT2D eigenvalue weighted by atomic mass is 35.5. The van der Waals surface area contributed by atoms with Crippen molar-refractivity contribution < 1.29 is 0 Å². The van der Waals surface area contributed by atoms with Crippen LogP contribution in [-0.2, 0) is 0 Å². The maximum Gasteiger partial charge on any atom is 0.0229 e. The molecule has 0 saturated carbocycles. The number of nitrogens with zero attached hydrogens (tertiary/aromatic N) is 1. The lowest BCUT2D eigenvalue weighted by atomic mass is 9.74. The molecule has 0 spiro atoms. The number of hydrogen-bond donors (Lipinski definition) is 0. The maximum atomic E-state index is 5.95. The van der Waals surface area contributed by atoms with Gasteiger partial charge in [0.15, 0.2) is 0 Å². The van der Waals surface area contributed by atoms with Crippen LogP contribution in [0.4, 0.5) is 0 Å². The second-order valence-electron chi connectivity index (χ2n) is 5.99. The Hall–Kier alpha value is 0.250. The molecule has 0 amide bonds. The molecule has 0 aromatic carbocycles. The van der Waals surface area contributed by atoms with Crippen LogP contribution in [0.5, 0.6) is 0 Å². The smallest absolute Gasteiger partial charge is 0.0229 e. The van der Waals surface area contributed by atoms with Gasteiger partial charge in [0.2, 0.25) is 0 Å². The Morgan fingerprint density at radius 2 is 2.00 bits per heavy atom. The molecule has 0 aromatic rings. The normalized spacial score (nSPS) is 29.4. The molecule has 1 aliphatic heterocycles. The highest BCUT2D eigenvalue weighted by Gasteiger charge is 2.36. The average molecular weight is 232 g/mol. The molecule has 0 radical (unpaired) electrons. The van der Waals surface area contributed by atoms with E-state index < -0.39 is 0 Å². The van der Waals surface area contributed by atoms with Crippen molar-refractivity contribution in [2.75, 3.05) is 19.0 Å². The molecule has 1 saturated heterocycles. The summed E-state index contributed by atoms with van der Waals surface area (Å²) in [5.41, 5.74) is 0.806. The van der Waals surface area contributed by atoms with E-state index in [0.717, 1.165) is 5.88 Å². The Labute approximate surface area is 100 Å². The van der Waals surface area contributed by atoms with Crippen molar-refractivity contribution in [1.29, 1.82) is 0 Å². The number of likely N-dealkylation sites (tertiary alicyclic amines) is 1. The van der Waals surface area contributed by atoms with Crippen LogP contribution in [0.25, 0.3) is 0 Å². The van der Waals surface area contributed by atoms with E-state index in [1.165, 1.54) is 38.8 Å². The van der Waals surface area contributed by atoms with Gasteiger partial charge in [-0.05, 0) is 58.4 Å². The molecular formula is C13H26ClN. The summed E-state index contributed by atoms with van der Waals surface area (Å²) in [4.78, 5) is 2.63. The molecule has 0 N–H and O–H groups in total. The van der Waals surface area contributed by atoms with E-state index in [2.05, 4.69) is 32.6 Å². The average Bonchev–Trinajstić information content (AvgIpc) is 2.17. The summed E-state index contributed by atoms with van der Waals surface area (Å²) in [6.45, 7) is 11.8. The van der Waals surface area contributed by atoms with Gasteiger partial charge >= 0.3 is 0 Å². The summed E-state index contributed by atoms with van der Waals surface area (Å²) >= 11 is 5.95. The maximum absolute atomic E-state index is 5.95. The summed E-state index contributed by atoms with van der Waals surface area (Å²) < 4.78 is 0. The first-order valence-electron chi connectivity index (χ1n) is 6.24. The molecule has 15 heavy (non-hydrogen) atoms. The number of piperidine rings is 1. The fraction of sp³-hybridized carbons (Fsp3) is 1.00. The van der Waals surface area contributed by atoms with Crippen LogP contribution >= 0.6 is 11.6 Å².